The number of aryl methyl sites for hydroxylation is 1. The zero-order chi connectivity index (χ0) is 16.2. The molecule has 3 nitrogen and oxygen atoms in total. The summed E-state index contributed by atoms with van der Waals surface area (Å²) in [4.78, 5) is 0. The van der Waals surface area contributed by atoms with E-state index in [1.807, 2.05) is 0 Å². The van der Waals surface area contributed by atoms with E-state index in [0.717, 1.165) is 26.0 Å². The van der Waals surface area contributed by atoms with Crippen molar-refractivity contribution in [3.8, 4) is 0 Å². The first-order chi connectivity index (χ1) is 11.7. The fourth-order valence-electron chi connectivity index (χ4n) is 4.27. The Bertz CT molecular complexity index is 802. The van der Waals surface area contributed by atoms with Gasteiger partial charge in [0, 0.05) is 5.41 Å². The maximum Gasteiger partial charge on any atom is 0.138 e. The predicted octanol–water partition coefficient (Wildman–Crippen LogP) is 3.91. The highest BCUT2D eigenvalue weighted by Gasteiger charge is 2.60. The van der Waals surface area contributed by atoms with Crippen LogP contribution in [0.2, 0.25) is 0 Å². The van der Waals surface area contributed by atoms with E-state index in [4.69, 9.17) is 9.84 Å². The highest BCUT2D eigenvalue weighted by Crippen LogP contribution is 2.57. The lowest BCUT2D eigenvalue weighted by atomic mass is 9.59. The Hall–Kier alpha value is -2.13. The number of rotatable bonds is 3. The molecule has 24 heavy (non-hydrogen) atoms. The average Bonchev–Trinajstić information content (AvgIpc) is 3.39. The molecule has 2 aromatic carbocycles. The molecule has 0 saturated carbocycles. The highest BCUT2D eigenvalue weighted by atomic mass is 16.5. The first-order valence-corrected chi connectivity index (χ1v) is 8.81. The molecular weight excluding hydrogens is 296 g/mol. The molecule has 2 aliphatic heterocycles. The Balaban J connectivity index is 1.44. The van der Waals surface area contributed by atoms with Gasteiger partial charge in [-0.25, -0.2) is 0 Å². The number of hydrogen-bond donors (Lipinski definition) is 0. The molecule has 5 rings (SSSR count). The van der Waals surface area contributed by atoms with Crippen LogP contribution in [0.15, 0.2) is 59.7 Å². The summed E-state index contributed by atoms with van der Waals surface area (Å²) in [6.45, 7) is 4.17. The van der Waals surface area contributed by atoms with Gasteiger partial charge in [-0.2, -0.15) is 5.10 Å². The smallest absolute Gasteiger partial charge is 0.138 e. The van der Waals surface area contributed by atoms with Crippen LogP contribution in [0.1, 0.15) is 36.1 Å². The SMILES string of the molecule is C[C@@]12CCc3ccccc3[C@]1(/C=N/N1CC1c1ccccc1)OC2. The number of hydrazone groups is 1. The van der Waals surface area contributed by atoms with Crippen molar-refractivity contribution >= 4 is 6.21 Å². The summed E-state index contributed by atoms with van der Waals surface area (Å²) in [5, 5.41) is 6.97. The molecule has 3 heteroatoms. The number of fused-ring (bicyclic) bond motifs is 3. The van der Waals surface area contributed by atoms with E-state index in [1.165, 1.54) is 16.7 Å². The topological polar surface area (TPSA) is 24.6 Å². The van der Waals surface area contributed by atoms with Crippen molar-refractivity contribution in [3.05, 3.63) is 71.3 Å². The van der Waals surface area contributed by atoms with Crippen LogP contribution in [-0.4, -0.2) is 24.4 Å². The van der Waals surface area contributed by atoms with E-state index in [2.05, 4.69) is 72.7 Å². The van der Waals surface area contributed by atoms with E-state index < -0.39 is 0 Å². The lowest BCUT2D eigenvalue weighted by Gasteiger charge is -2.58. The molecule has 1 aliphatic carbocycles. The molecular formula is C21H22N2O. The maximum absolute atomic E-state index is 6.19. The van der Waals surface area contributed by atoms with Crippen LogP contribution >= 0.6 is 0 Å². The summed E-state index contributed by atoms with van der Waals surface area (Å²) < 4.78 is 6.19. The van der Waals surface area contributed by atoms with Crippen LogP contribution < -0.4 is 0 Å². The van der Waals surface area contributed by atoms with Gasteiger partial charge in [0.25, 0.3) is 0 Å². The minimum Gasteiger partial charge on any atom is -0.363 e. The second-order valence-electron chi connectivity index (χ2n) is 7.54. The quantitative estimate of drug-likeness (QED) is 0.633. The van der Waals surface area contributed by atoms with Crippen molar-refractivity contribution in [2.24, 2.45) is 10.5 Å². The summed E-state index contributed by atoms with van der Waals surface area (Å²) in [7, 11) is 0. The third kappa shape index (κ3) is 1.91. The molecule has 3 aliphatic rings. The van der Waals surface area contributed by atoms with Crippen molar-refractivity contribution in [1.82, 2.24) is 5.01 Å². The van der Waals surface area contributed by atoms with Gasteiger partial charge in [0.1, 0.15) is 5.60 Å². The van der Waals surface area contributed by atoms with Crippen molar-refractivity contribution in [1.29, 1.82) is 0 Å². The maximum atomic E-state index is 6.19. The first kappa shape index (κ1) is 14.2. The lowest BCUT2D eigenvalue weighted by Crippen LogP contribution is -2.62. The van der Waals surface area contributed by atoms with Crippen LogP contribution in [0.3, 0.4) is 0 Å². The zero-order valence-corrected chi connectivity index (χ0v) is 14.0. The Morgan fingerprint density at radius 3 is 2.71 bits per heavy atom. The molecule has 0 bridgehead atoms. The van der Waals surface area contributed by atoms with Gasteiger partial charge < -0.3 is 4.74 Å². The molecule has 0 N–H and O–H groups in total. The van der Waals surface area contributed by atoms with Crippen LogP contribution in [-0.2, 0) is 16.8 Å². The Labute approximate surface area is 142 Å². The number of benzene rings is 2. The summed E-state index contributed by atoms with van der Waals surface area (Å²) in [5.74, 6) is 0. The summed E-state index contributed by atoms with van der Waals surface area (Å²) in [5.41, 5.74) is 3.89. The minimum absolute atomic E-state index is 0.170. The van der Waals surface area contributed by atoms with E-state index in [9.17, 15) is 0 Å². The lowest BCUT2D eigenvalue weighted by molar-refractivity contribution is -0.231. The standard InChI is InChI=1S/C21H22N2O/c1-20-12-11-16-7-5-6-10-18(16)21(20,24-15-20)14-22-23-13-19(23)17-8-3-2-4-9-17/h2-10,14,19H,11-13,15H2,1H3/b22-14+/t19?,20-,21-,23?/m0/s1. The second-order valence-corrected chi connectivity index (χ2v) is 7.54. The van der Waals surface area contributed by atoms with Gasteiger partial charge in [-0.15, -0.1) is 0 Å². The largest absolute Gasteiger partial charge is 0.363 e. The van der Waals surface area contributed by atoms with Crippen molar-refractivity contribution in [2.75, 3.05) is 13.2 Å². The van der Waals surface area contributed by atoms with E-state index in [0.29, 0.717) is 6.04 Å². The Kier molecular flexibility index (Phi) is 2.93. The van der Waals surface area contributed by atoms with E-state index in [-0.39, 0.29) is 11.0 Å². The number of hydrogen-bond acceptors (Lipinski definition) is 3. The van der Waals surface area contributed by atoms with Crippen LogP contribution in [0.25, 0.3) is 0 Å². The van der Waals surface area contributed by atoms with Gasteiger partial charge in [-0.1, -0.05) is 61.5 Å². The third-order valence-electron chi connectivity index (χ3n) is 6.04. The normalized spacial score (nSPS) is 33.7. The highest BCUT2D eigenvalue weighted by molar-refractivity contribution is 5.76. The molecule has 2 saturated heterocycles. The molecule has 0 amide bonds. The molecule has 1 unspecified atom stereocenters. The molecule has 0 radical (unpaired) electrons. The number of nitrogens with zero attached hydrogens (tertiary/aromatic N) is 2. The van der Waals surface area contributed by atoms with Gasteiger partial charge in [-0.05, 0) is 29.5 Å². The van der Waals surface area contributed by atoms with Crippen LogP contribution in [0, 0.1) is 5.41 Å². The van der Waals surface area contributed by atoms with Gasteiger partial charge in [0.15, 0.2) is 0 Å². The van der Waals surface area contributed by atoms with Gasteiger partial charge in [-0.3, -0.25) is 5.01 Å². The van der Waals surface area contributed by atoms with Gasteiger partial charge in [0.05, 0.1) is 25.4 Å². The second kappa shape index (κ2) is 4.93. The van der Waals surface area contributed by atoms with Gasteiger partial charge in [0.2, 0.25) is 0 Å². The first-order valence-electron chi connectivity index (χ1n) is 8.81. The monoisotopic (exact) mass is 318 g/mol. The molecule has 2 heterocycles. The summed E-state index contributed by atoms with van der Waals surface area (Å²) >= 11 is 0. The Morgan fingerprint density at radius 1 is 1.12 bits per heavy atom. The predicted molar refractivity (Wildman–Crippen MR) is 94.9 cm³/mol. The van der Waals surface area contributed by atoms with Crippen molar-refractivity contribution < 1.29 is 4.74 Å². The van der Waals surface area contributed by atoms with Gasteiger partial charge >= 0.3 is 0 Å². The summed E-state index contributed by atoms with van der Waals surface area (Å²) in [6.07, 6.45) is 4.39. The molecule has 3 atom stereocenters. The van der Waals surface area contributed by atoms with Crippen molar-refractivity contribution in [3.63, 3.8) is 0 Å². The van der Waals surface area contributed by atoms with E-state index >= 15 is 0 Å². The molecule has 0 spiro atoms. The average molecular weight is 318 g/mol. The fraction of sp³-hybridized carbons (Fsp3) is 0.381. The third-order valence-corrected chi connectivity index (χ3v) is 6.04. The molecule has 2 fully saturated rings. The fourth-order valence-corrected chi connectivity index (χ4v) is 4.27. The van der Waals surface area contributed by atoms with Crippen molar-refractivity contribution in [2.45, 2.75) is 31.4 Å². The van der Waals surface area contributed by atoms with Crippen LogP contribution in [0.4, 0.5) is 0 Å². The number of ether oxygens (including phenoxy) is 1. The Morgan fingerprint density at radius 2 is 1.92 bits per heavy atom. The zero-order valence-electron chi connectivity index (χ0n) is 14.0. The van der Waals surface area contributed by atoms with Crippen LogP contribution in [0.5, 0.6) is 0 Å². The molecule has 0 aromatic heterocycles. The van der Waals surface area contributed by atoms with E-state index in [1.54, 1.807) is 0 Å². The summed E-state index contributed by atoms with van der Waals surface area (Å²) in [6, 6.07) is 19.7. The molecule has 122 valence electrons. The minimum atomic E-state index is -0.342. The molecule has 2 aromatic rings.